The Kier molecular flexibility index (Phi) is 5.56. The summed E-state index contributed by atoms with van der Waals surface area (Å²) in [5.41, 5.74) is 2.28. The highest BCUT2D eigenvalue weighted by molar-refractivity contribution is 5.91. The largest absolute Gasteiger partial charge is 0.508 e. The number of phenolic OH excluding ortho intramolecular Hbond substituents is 1. The van der Waals surface area contributed by atoms with Gasteiger partial charge >= 0.3 is 5.97 Å². The lowest BCUT2D eigenvalue weighted by molar-refractivity contribution is -0.136. The van der Waals surface area contributed by atoms with Crippen molar-refractivity contribution < 1.29 is 19.4 Å². The van der Waals surface area contributed by atoms with Crippen LogP contribution in [-0.2, 0) is 9.53 Å². The minimum absolute atomic E-state index is 0.134. The Bertz CT molecular complexity index is 768. The summed E-state index contributed by atoms with van der Waals surface area (Å²) in [7, 11) is 0. The molecule has 0 aromatic heterocycles. The smallest absolute Gasteiger partial charge is 0.338 e. The van der Waals surface area contributed by atoms with Crippen LogP contribution in [0.5, 0.6) is 5.75 Å². The molecule has 1 unspecified atom stereocenters. The predicted molar refractivity (Wildman–Crippen MR) is 98.8 cm³/mol. The molecule has 1 heterocycles. The minimum atomic E-state index is -0.499. The lowest BCUT2D eigenvalue weighted by Gasteiger charge is -2.30. The van der Waals surface area contributed by atoms with Crippen LogP contribution in [0.1, 0.15) is 30.1 Å². The molecule has 136 valence electrons. The number of amides is 1. The summed E-state index contributed by atoms with van der Waals surface area (Å²) < 4.78 is 5.18. The third-order valence-electron chi connectivity index (χ3n) is 4.66. The highest BCUT2D eigenvalue weighted by atomic mass is 16.5. The lowest BCUT2D eigenvalue weighted by atomic mass is 10.0. The Morgan fingerprint density at radius 3 is 2.31 bits per heavy atom. The Hall–Kier alpha value is -2.82. The van der Waals surface area contributed by atoms with Gasteiger partial charge in [-0.1, -0.05) is 31.2 Å². The summed E-state index contributed by atoms with van der Waals surface area (Å²) in [5.74, 6) is 0.0730. The maximum Gasteiger partial charge on any atom is 0.338 e. The zero-order valence-electron chi connectivity index (χ0n) is 14.9. The number of piperidine rings is 1. The average molecular weight is 353 g/mol. The van der Waals surface area contributed by atoms with Gasteiger partial charge in [-0.15, -0.1) is 0 Å². The molecule has 0 aliphatic carbocycles. The van der Waals surface area contributed by atoms with Crippen molar-refractivity contribution in [3.05, 3.63) is 54.1 Å². The maximum atomic E-state index is 12.2. The number of nitrogens with zero attached hydrogens (tertiary/aromatic N) is 1. The molecule has 1 aliphatic rings. The van der Waals surface area contributed by atoms with Crippen molar-refractivity contribution in [1.82, 2.24) is 4.90 Å². The van der Waals surface area contributed by atoms with Crippen molar-refractivity contribution in [2.75, 3.05) is 19.7 Å². The summed E-state index contributed by atoms with van der Waals surface area (Å²) >= 11 is 0. The van der Waals surface area contributed by atoms with Crippen LogP contribution in [0.3, 0.4) is 0 Å². The zero-order valence-corrected chi connectivity index (χ0v) is 14.9. The summed E-state index contributed by atoms with van der Waals surface area (Å²) in [5, 5.41) is 9.34. The van der Waals surface area contributed by atoms with E-state index in [0.29, 0.717) is 11.5 Å². The molecular weight excluding hydrogens is 330 g/mol. The SMILES string of the molecule is CC1CCCN(C(=O)COC(=O)c2ccc(-c3ccc(O)cc3)cc2)C1. The van der Waals surface area contributed by atoms with E-state index in [1.807, 2.05) is 12.1 Å². The van der Waals surface area contributed by atoms with Crippen molar-refractivity contribution >= 4 is 11.9 Å². The first kappa shape index (κ1) is 18.0. The van der Waals surface area contributed by atoms with Crippen molar-refractivity contribution in [3.8, 4) is 16.9 Å². The van der Waals surface area contributed by atoms with E-state index in [4.69, 9.17) is 4.74 Å². The molecule has 1 N–H and O–H groups in total. The maximum absolute atomic E-state index is 12.2. The molecule has 0 saturated carbocycles. The van der Waals surface area contributed by atoms with Gasteiger partial charge < -0.3 is 14.7 Å². The molecule has 0 bridgehead atoms. The Morgan fingerprint density at radius 2 is 1.69 bits per heavy atom. The zero-order chi connectivity index (χ0) is 18.5. The van der Waals surface area contributed by atoms with Gasteiger partial charge in [-0.25, -0.2) is 4.79 Å². The van der Waals surface area contributed by atoms with Crippen molar-refractivity contribution in [2.45, 2.75) is 19.8 Å². The van der Waals surface area contributed by atoms with Crippen LogP contribution in [0.15, 0.2) is 48.5 Å². The van der Waals surface area contributed by atoms with E-state index >= 15 is 0 Å². The third kappa shape index (κ3) is 4.42. The second kappa shape index (κ2) is 8.04. The van der Waals surface area contributed by atoms with Gasteiger partial charge in [0.15, 0.2) is 6.61 Å². The fraction of sp³-hybridized carbons (Fsp3) is 0.333. The number of benzene rings is 2. The summed E-state index contributed by atoms with van der Waals surface area (Å²) in [4.78, 5) is 26.1. The van der Waals surface area contributed by atoms with E-state index in [0.717, 1.165) is 37.1 Å². The normalized spacial score (nSPS) is 17.0. The molecule has 2 aromatic rings. The van der Waals surface area contributed by atoms with Crippen LogP contribution in [0.2, 0.25) is 0 Å². The number of esters is 1. The summed E-state index contributed by atoms with van der Waals surface area (Å²) in [6.45, 7) is 3.38. The molecule has 1 aliphatic heterocycles. The number of carbonyl (C=O) groups excluding carboxylic acids is 2. The number of likely N-dealkylation sites (tertiary alicyclic amines) is 1. The number of phenols is 1. The number of aromatic hydroxyl groups is 1. The first-order valence-corrected chi connectivity index (χ1v) is 8.87. The fourth-order valence-electron chi connectivity index (χ4n) is 3.17. The highest BCUT2D eigenvalue weighted by Crippen LogP contribution is 2.22. The van der Waals surface area contributed by atoms with Gasteiger partial charge in [0, 0.05) is 13.1 Å². The molecule has 1 saturated heterocycles. The average Bonchev–Trinajstić information content (AvgIpc) is 2.66. The third-order valence-corrected chi connectivity index (χ3v) is 4.66. The number of carbonyl (C=O) groups is 2. The van der Waals surface area contributed by atoms with Gasteiger partial charge in [-0.2, -0.15) is 0 Å². The van der Waals surface area contributed by atoms with Crippen LogP contribution < -0.4 is 0 Å². The fourth-order valence-corrected chi connectivity index (χ4v) is 3.17. The molecule has 1 amide bonds. The molecule has 5 heteroatoms. The first-order chi connectivity index (χ1) is 12.5. The number of hydrogen-bond acceptors (Lipinski definition) is 4. The predicted octanol–water partition coefficient (Wildman–Crippen LogP) is 3.47. The number of hydrogen-bond donors (Lipinski definition) is 1. The minimum Gasteiger partial charge on any atom is -0.508 e. The van der Waals surface area contributed by atoms with Crippen LogP contribution in [0, 0.1) is 5.92 Å². The van der Waals surface area contributed by atoms with Gasteiger partial charge in [-0.3, -0.25) is 4.79 Å². The number of rotatable bonds is 4. The molecule has 5 nitrogen and oxygen atoms in total. The van der Waals surface area contributed by atoms with E-state index < -0.39 is 5.97 Å². The standard InChI is InChI=1S/C21H23NO4/c1-15-3-2-12-22(13-15)20(24)14-26-21(25)18-6-4-16(5-7-18)17-8-10-19(23)11-9-17/h4-11,15,23H,2-3,12-14H2,1H3. The Morgan fingerprint density at radius 1 is 1.08 bits per heavy atom. The van der Waals surface area contributed by atoms with Gasteiger partial charge in [0.2, 0.25) is 0 Å². The van der Waals surface area contributed by atoms with E-state index in [2.05, 4.69) is 6.92 Å². The molecule has 3 rings (SSSR count). The monoisotopic (exact) mass is 353 g/mol. The van der Waals surface area contributed by atoms with Crippen LogP contribution in [0.4, 0.5) is 0 Å². The van der Waals surface area contributed by atoms with Crippen molar-refractivity contribution in [1.29, 1.82) is 0 Å². The van der Waals surface area contributed by atoms with Crippen LogP contribution in [-0.4, -0.2) is 41.6 Å². The lowest BCUT2D eigenvalue weighted by Crippen LogP contribution is -2.41. The molecular formula is C21H23NO4. The summed E-state index contributed by atoms with van der Waals surface area (Å²) in [6, 6.07) is 13.8. The quantitative estimate of drug-likeness (QED) is 0.855. The van der Waals surface area contributed by atoms with E-state index in [1.54, 1.807) is 41.3 Å². The van der Waals surface area contributed by atoms with Gasteiger partial charge in [0.05, 0.1) is 5.56 Å². The molecule has 0 spiro atoms. The molecule has 26 heavy (non-hydrogen) atoms. The van der Waals surface area contributed by atoms with Crippen LogP contribution >= 0.6 is 0 Å². The molecule has 1 atom stereocenters. The first-order valence-electron chi connectivity index (χ1n) is 8.87. The highest BCUT2D eigenvalue weighted by Gasteiger charge is 2.22. The summed E-state index contributed by atoms with van der Waals surface area (Å²) in [6.07, 6.45) is 2.14. The van der Waals surface area contributed by atoms with Crippen molar-refractivity contribution in [3.63, 3.8) is 0 Å². The van der Waals surface area contributed by atoms with E-state index in [9.17, 15) is 14.7 Å². The van der Waals surface area contributed by atoms with Gasteiger partial charge in [-0.05, 0) is 54.2 Å². The molecule has 2 aromatic carbocycles. The number of ether oxygens (including phenoxy) is 1. The topological polar surface area (TPSA) is 66.8 Å². The second-order valence-electron chi connectivity index (χ2n) is 6.79. The molecule has 1 fully saturated rings. The van der Waals surface area contributed by atoms with E-state index in [1.165, 1.54) is 0 Å². The Labute approximate surface area is 153 Å². The van der Waals surface area contributed by atoms with Crippen molar-refractivity contribution in [2.24, 2.45) is 5.92 Å². The van der Waals surface area contributed by atoms with E-state index in [-0.39, 0.29) is 18.3 Å². The second-order valence-corrected chi connectivity index (χ2v) is 6.79. The van der Waals surface area contributed by atoms with Gasteiger partial charge in [0.25, 0.3) is 5.91 Å². The van der Waals surface area contributed by atoms with Gasteiger partial charge in [0.1, 0.15) is 5.75 Å². The molecule has 0 radical (unpaired) electrons. The van der Waals surface area contributed by atoms with Crippen LogP contribution in [0.25, 0.3) is 11.1 Å². The Balaban J connectivity index is 1.56.